The van der Waals surface area contributed by atoms with Crippen LogP contribution in [-0.4, -0.2) is 183 Å². The Morgan fingerprint density at radius 2 is 1.23 bits per heavy atom. The Morgan fingerprint density at radius 3 is 1.77 bits per heavy atom. The molecule has 70 heavy (non-hydrogen) atoms. The molecule has 0 aliphatic carbocycles. The van der Waals surface area contributed by atoms with Crippen LogP contribution in [0.5, 0.6) is 5.75 Å². The van der Waals surface area contributed by atoms with Crippen LogP contribution < -0.4 is 54.8 Å². The maximum absolute atomic E-state index is 14.1. The van der Waals surface area contributed by atoms with Crippen molar-refractivity contribution in [3.8, 4) is 5.75 Å². The molecule has 0 saturated carbocycles. The van der Waals surface area contributed by atoms with E-state index in [9.17, 15) is 63.6 Å². The highest BCUT2D eigenvalue weighted by atomic mass is 16.4. The monoisotopic (exact) mass is 990 g/mol. The SMILES string of the molecule is CC(N)C(=O)NC(Cc1ccc(O)cc1)C(=O)N1CCCC1C(=O)NC(C(=O)N1CCCC1C(=O)NC(C)C(=O)NC(CCCN=C(N)N)C(=O)NC(CO)C(=O)NC(CCCCN)C(=O)O)C(C)O. The Balaban J connectivity index is 1.71. The number of aliphatic hydroxyl groups is 2. The van der Waals surface area contributed by atoms with Crippen molar-refractivity contribution in [3.05, 3.63) is 29.8 Å². The van der Waals surface area contributed by atoms with Gasteiger partial charge in [0.15, 0.2) is 5.96 Å². The summed E-state index contributed by atoms with van der Waals surface area (Å²) >= 11 is 0. The number of hydrogen-bond acceptors (Lipinski definition) is 15. The normalized spacial score (nSPS) is 18.9. The number of carbonyl (C=O) groups excluding carboxylic acids is 8. The minimum Gasteiger partial charge on any atom is -0.508 e. The molecule has 26 heteroatoms. The average Bonchev–Trinajstić information content (AvgIpc) is 4.02. The van der Waals surface area contributed by atoms with Crippen molar-refractivity contribution >= 4 is 59.2 Å². The number of hydrogen-bond donors (Lipinski definition) is 14. The minimum absolute atomic E-state index is 0.00416. The first-order chi connectivity index (χ1) is 33.1. The summed E-state index contributed by atoms with van der Waals surface area (Å²) in [5.41, 5.74) is 22.7. The number of phenols is 1. The van der Waals surface area contributed by atoms with Gasteiger partial charge >= 0.3 is 5.97 Å². The van der Waals surface area contributed by atoms with Gasteiger partial charge in [0.2, 0.25) is 47.3 Å². The van der Waals surface area contributed by atoms with Crippen molar-refractivity contribution in [2.75, 3.05) is 32.8 Å². The number of aliphatic imine (C=N–C) groups is 1. The summed E-state index contributed by atoms with van der Waals surface area (Å²) in [7, 11) is 0. The molecule has 1 aromatic carbocycles. The summed E-state index contributed by atoms with van der Waals surface area (Å²) in [6.45, 7) is 3.62. The second-order valence-corrected chi connectivity index (χ2v) is 17.5. The molecule has 18 N–H and O–H groups in total. The van der Waals surface area contributed by atoms with Crippen molar-refractivity contribution in [3.63, 3.8) is 0 Å². The molecule has 2 saturated heterocycles. The second kappa shape index (κ2) is 28.1. The number of aromatic hydroxyl groups is 1. The molecular weight excluding hydrogens is 919 g/mol. The van der Waals surface area contributed by atoms with Crippen LogP contribution in [-0.2, 0) is 49.6 Å². The lowest BCUT2D eigenvalue weighted by Gasteiger charge is -2.33. The highest BCUT2D eigenvalue weighted by Gasteiger charge is 2.43. The van der Waals surface area contributed by atoms with Crippen molar-refractivity contribution in [1.29, 1.82) is 0 Å². The van der Waals surface area contributed by atoms with E-state index in [1.807, 2.05) is 0 Å². The summed E-state index contributed by atoms with van der Waals surface area (Å²) in [5.74, 6) is -7.92. The van der Waals surface area contributed by atoms with Crippen LogP contribution in [0.25, 0.3) is 0 Å². The fraction of sp³-hybridized carbons (Fsp3) is 0.636. The average molecular weight is 990 g/mol. The molecule has 0 radical (unpaired) electrons. The van der Waals surface area contributed by atoms with E-state index in [-0.39, 0.29) is 69.9 Å². The van der Waals surface area contributed by atoms with E-state index >= 15 is 0 Å². The van der Waals surface area contributed by atoms with Crippen LogP contribution >= 0.6 is 0 Å². The van der Waals surface area contributed by atoms with Gasteiger partial charge in [-0.1, -0.05) is 12.1 Å². The first-order valence-electron chi connectivity index (χ1n) is 23.3. The van der Waals surface area contributed by atoms with Gasteiger partial charge in [-0.05, 0) is 103 Å². The number of benzene rings is 1. The van der Waals surface area contributed by atoms with E-state index in [0.717, 1.165) is 0 Å². The fourth-order valence-corrected chi connectivity index (χ4v) is 7.93. The number of nitrogens with zero attached hydrogens (tertiary/aromatic N) is 3. The predicted octanol–water partition coefficient (Wildman–Crippen LogP) is -5.17. The molecule has 0 bridgehead atoms. The summed E-state index contributed by atoms with van der Waals surface area (Å²) in [6.07, 6.45) is 0.565. The van der Waals surface area contributed by atoms with Crippen LogP contribution in [0.3, 0.4) is 0 Å². The van der Waals surface area contributed by atoms with E-state index in [1.54, 1.807) is 12.1 Å². The molecule has 2 heterocycles. The first kappa shape index (κ1) is 57.7. The first-order valence-corrected chi connectivity index (χ1v) is 23.3. The Morgan fingerprint density at radius 1 is 0.700 bits per heavy atom. The van der Waals surface area contributed by atoms with E-state index in [1.165, 1.54) is 42.7 Å². The number of nitrogens with one attached hydrogen (secondary N) is 6. The van der Waals surface area contributed by atoms with Crippen LogP contribution in [0.15, 0.2) is 29.3 Å². The van der Waals surface area contributed by atoms with Gasteiger partial charge in [-0.2, -0.15) is 0 Å². The number of amides is 8. The van der Waals surface area contributed by atoms with Crippen LogP contribution in [0, 0.1) is 0 Å². The largest absolute Gasteiger partial charge is 0.508 e. The molecule has 2 fully saturated rings. The number of carboxylic acids is 1. The van der Waals surface area contributed by atoms with Gasteiger partial charge in [0, 0.05) is 26.1 Å². The van der Waals surface area contributed by atoms with Crippen molar-refractivity contribution in [2.45, 2.75) is 145 Å². The number of guanidine groups is 1. The van der Waals surface area contributed by atoms with Gasteiger partial charge in [-0.3, -0.25) is 43.3 Å². The second-order valence-electron chi connectivity index (χ2n) is 17.5. The van der Waals surface area contributed by atoms with E-state index in [2.05, 4.69) is 36.9 Å². The highest BCUT2D eigenvalue weighted by Crippen LogP contribution is 2.23. The smallest absolute Gasteiger partial charge is 0.326 e. The number of nitrogens with two attached hydrogens (primary N) is 4. The maximum Gasteiger partial charge on any atom is 0.326 e. The maximum atomic E-state index is 14.1. The van der Waals surface area contributed by atoms with Crippen molar-refractivity contribution < 1.29 is 63.6 Å². The summed E-state index contributed by atoms with van der Waals surface area (Å²) in [5, 5.41) is 55.0. The lowest BCUT2D eigenvalue weighted by Crippen LogP contribution is -2.61. The van der Waals surface area contributed by atoms with Gasteiger partial charge < -0.3 is 85.1 Å². The standard InChI is InChI=1S/C44H71N13O13/c1-23(46)35(61)53-30(21-26-13-15-27(60)16-14-26)41(67)56-19-7-12-33(56)40(66)55-34(25(3)59)42(68)57-20-8-11-32(57)39(65)50-24(2)36(62)51-28(10-6-18-49-44(47)48)37(63)54-31(22-58)38(64)52-29(43(69)70)9-4-5-17-45/h13-16,23-25,28-34,58-60H,4-12,17-22,45-46H2,1-3H3,(H,50,65)(H,51,62)(H,52,64)(H,53,61)(H,54,63)(H,55,66)(H,69,70)(H4,47,48,49). The third-order valence-corrected chi connectivity index (χ3v) is 11.8. The predicted molar refractivity (Wildman–Crippen MR) is 251 cm³/mol. The summed E-state index contributed by atoms with van der Waals surface area (Å²) in [4.78, 5) is 127. The van der Waals surface area contributed by atoms with Crippen LogP contribution in [0.1, 0.15) is 84.1 Å². The Labute approximate surface area is 405 Å². The molecule has 26 nitrogen and oxygen atoms in total. The van der Waals surface area contributed by atoms with Crippen LogP contribution in [0.4, 0.5) is 0 Å². The molecular formula is C44H71N13O13. The zero-order valence-electron chi connectivity index (χ0n) is 39.8. The molecule has 8 amide bonds. The number of likely N-dealkylation sites (tertiary alicyclic amines) is 2. The van der Waals surface area contributed by atoms with Gasteiger partial charge in [-0.25, -0.2) is 4.79 Å². The number of aliphatic carboxylic acids is 1. The molecule has 3 rings (SSSR count). The fourth-order valence-electron chi connectivity index (χ4n) is 7.93. The van der Waals surface area contributed by atoms with Gasteiger partial charge in [-0.15, -0.1) is 0 Å². The number of phenolic OH excluding ortho intramolecular Hbond substituents is 1. The Kier molecular flexibility index (Phi) is 23.2. The number of aliphatic hydroxyl groups excluding tert-OH is 2. The minimum atomic E-state index is -1.62. The third kappa shape index (κ3) is 17.4. The molecule has 10 unspecified atom stereocenters. The van der Waals surface area contributed by atoms with E-state index < -0.39 is 120 Å². The Hall–Kier alpha value is -6.64. The van der Waals surface area contributed by atoms with Crippen molar-refractivity contribution in [1.82, 2.24) is 41.7 Å². The van der Waals surface area contributed by atoms with Gasteiger partial charge in [0.1, 0.15) is 54.1 Å². The Bertz CT molecular complexity index is 2020. The summed E-state index contributed by atoms with van der Waals surface area (Å²) < 4.78 is 0. The molecule has 1 aromatic rings. The van der Waals surface area contributed by atoms with Gasteiger partial charge in [0.25, 0.3) is 0 Å². The topological polar surface area (TPSA) is 430 Å². The quantitative estimate of drug-likeness (QED) is 0.0223. The van der Waals surface area contributed by atoms with Gasteiger partial charge in [0.05, 0.1) is 18.8 Å². The number of unbranched alkanes of at least 4 members (excludes halogenated alkanes) is 1. The molecule has 0 aromatic heterocycles. The molecule has 2 aliphatic rings. The summed E-state index contributed by atoms with van der Waals surface area (Å²) in [6, 6.07) is -5.59. The molecule has 10 atom stereocenters. The highest BCUT2D eigenvalue weighted by molar-refractivity contribution is 5.98. The number of carboxylic acid groups (broad SMARTS) is 1. The molecule has 2 aliphatic heterocycles. The molecule has 0 spiro atoms. The number of carbonyl (C=O) groups is 9. The number of rotatable bonds is 27. The molecule has 390 valence electrons. The zero-order valence-corrected chi connectivity index (χ0v) is 39.8. The lowest BCUT2D eigenvalue weighted by molar-refractivity contribution is -0.146. The third-order valence-electron chi connectivity index (χ3n) is 11.8. The zero-order chi connectivity index (χ0) is 52.2. The van der Waals surface area contributed by atoms with Crippen molar-refractivity contribution in [2.24, 2.45) is 27.9 Å². The van der Waals surface area contributed by atoms with E-state index in [0.29, 0.717) is 37.8 Å². The lowest BCUT2D eigenvalue weighted by atomic mass is 10.0. The van der Waals surface area contributed by atoms with E-state index in [4.69, 9.17) is 22.9 Å². The van der Waals surface area contributed by atoms with Crippen LogP contribution in [0.2, 0.25) is 0 Å².